The Balaban J connectivity index is 2.46. The molecule has 0 bridgehead atoms. The van der Waals surface area contributed by atoms with E-state index in [2.05, 4.69) is 16.0 Å². The number of thiocarbonyl (C=S) groups is 1. The number of allylic oxidation sites excluding steroid dienone is 1. The zero-order valence-electron chi connectivity index (χ0n) is 11.2. The highest BCUT2D eigenvalue weighted by Crippen LogP contribution is 2.26. The van der Waals surface area contributed by atoms with E-state index in [-0.39, 0.29) is 11.9 Å². The molecule has 4 nitrogen and oxygen atoms in total. The molecule has 19 heavy (non-hydrogen) atoms. The van der Waals surface area contributed by atoms with Gasteiger partial charge in [-0.05, 0) is 31.6 Å². The molecule has 0 spiro atoms. The van der Waals surface area contributed by atoms with Crippen molar-refractivity contribution in [3.8, 4) is 0 Å². The number of amides is 1. The van der Waals surface area contributed by atoms with Crippen LogP contribution >= 0.6 is 12.2 Å². The van der Waals surface area contributed by atoms with Gasteiger partial charge in [-0.3, -0.25) is 4.79 Å². The van der Waals surface area contributed by atoms with Gasteiger partial charge in [0, 0.05) is 12.7 Å². The van der Waals surface area contributed by atoms with Crippen molar-refractivity contribution < 1.29 is 4.79 Å². The van der Waals surface area contributed by atoms with Crippen LogP contribution in [0.3, 0.4) is 0 Å². The SMILES string of the molecule is CNC(=O)C1=C(C)NC(=S)NC1c1ccc(C)cc1. The van der Waals surface area contributed by atoms with Crippen molar-refractivity contribution in [2.24, 2.45) is 0 Å². The fraction of sp³-hybridized carbons (Fsp3) is 0.286. The molecule has 0 saturated carbocycles. The van der Waals surface area contributed by atoms with E-state index in [4.69, 9.17) is 12.2 Å². The quantitative estimate of drug-likeness (QED) is 0.717. The van der Waals surface area contributed by atoms with Crippen molar-refractivity contribution in [3.63, 3.8) is 0 Å². The van der Waals surface area contributed by atoms with Gasteiger partial charge in [0.05, 0.1) is 11.6 Å². The molecule has 1 aliphatic heterocycles. The Kier molecular flexibility index (Phi) is 3.85. The summed E-state index contributed by atoms with van der Waals surface area (Å²) in [6.07, 6.45) is 0. The van der Waals surface area contributed by atoms with Crippen LogP contribution in [0, 0.1) is 6.92 Å². The fourth-order valence-electron chi connectivity index (χ4n) is 2.14. The van der Waals surface area contributed by atoms with E-state index in [0.29, 0.717) is 10.7 Å². The van der Waals surface area contributed by atoms with E-state index in [0.717, 1.165) is 11.3 Å². The Morgan fingerprint density at radius 2 is 1.89 bits per heavy atom. The first kappa shape index (κ1) is 13.5. The topological polar surface area (TPSA) is 53.2 Å². The zero-order valence-corrected chi connectivity index (χ0v) is 12.0. The molecule has 100 valence electrons. The third kappa shape index (κ3) is 2.76. The van der Waals surface area contributed by atoms with E-state index in [1.165, 1.54) is 5.56 Å². The first-order valence-electron chi connectivity index (χ1n) is 6.10. The zero-order chi connectivity index (χ0) is 14.0. The van der Waals surface area contributed by atoms with Gasteiger partial charge in [0.25, 0.3) is 5.91 Å². The van der Waals surface area contributed by atoms with Gasteiger partial charge < -0.3 is 16.0 Å². The molecule has 2 rings (SSSR count). The number of likely N-dealkylation sites (N-methyl/N-ethyl adjacent to an activating group) is 1. The van der Waals surface area contributed by atoms with Crippen LogP contribution in [-0.4, -0.2) is 18.1 Å². The number of carbonyl (C=O) groups excluding carboxylic acids is 1. The number of nitrogens with one attached hydrogen (secondary N) is 3. The van der Waals surface area contributed by atoms with Crippen LogP contribution < -0.4 is 16.0 Å². The molecular weight excluding hydrogens is 258 g/mol. The molecule has 0 aromatic heterocycles. The monoisotopic (exact) mass is 275 g/mol. The minimum Gasteiger partial charge on any atom is -0.355 e. The summed E-state index contributed by atoms with van der Waals surface area (Å²) in [6.45, 7) is 3.89. The van der Waals surface area contributed by atoms with Gasteiger partial charge in [-0.1, -0.05) is 29.8 Å². The molecule has 3 N–H and O–H groups in total. The molecule has 1 aromatic carbocycles. The average molecular weight is 275 g/mol. The van der Waals surface area contributed by atoms with Crippen molar-refractivity contribution in [1.29, 1.82) is 0 Å². The van der Waals surface area contributed by atoms with Gasteiger partial charge in [0.15, 0.2) is 5.11 Å². The number of hydrogen-bond acceptors (Lipinski definition) is 2. The van der Waals surface area contributed by atoms with Crippen molar-refractivity contribution in [2.45, 2.75) is 19.9 Å². The predicted octanol–water partition coefficient (Wildman–Crippen LogP) is 1.53. The van der Waals surface area contributed by atoms with Crippen LogP contribution in [0.1, 0.15) is 24.1 Å². The molecule has 1 aliphatic rings. The number of aryl methyl sites for hydroxylation is 1. The lowest BCUT2D eigenvalue weighted by Crippen LogP contribution is -2.46. The summed E-state index contributed by atoms with van der Waals surface area (Å²) < 4.78 is 0. The Bertz CT molecular complexity index is 548. The van der Waals surface area contributed by atoms with Gasteiger partial charge in [0.1, 0.15) is 0 Å². The molecular formula is C14H17N3OS. The largest absolute Gasteiger partial charge is 0.355 e. The Morgan fingerprint density at radius 1 is 1.26 bits per heavy atom. The average Bonchev–Trinajstić information content (AvgIpc) is 2.38. The summed E-state index contributed by atoms with van der Waals surface area (Å²) in [7, 11) is 1.63. The Labute approximate surface area is 118 Å². The lowest BCUT2D eigenvalue weighted by atomic mass is 9.94. The third-order valence-electron chi connectivity index (χ3n) is 3.15. The highest BCUT2D eigenvalue weighted by Gasteiger charge is 2.28. The number of benzene rings is 1. The molecule has 1 amide bonds. The standard InChI is InChI=1S/C14H17N3OS/c1-8-4-6-10(7-5-8)12-11(13(18)15-3)9(2)16-14(19)17-12/h4-7,12H,1-3H3,(H,15,18)(H2,16,17,19). The molecule has 1 heterocycles. The van der Waals surface area contributed by atoms with Crippen LogP contribution in [0.4, 0.5) is 0 Å². The summed E-state index contributed by atoms with van der Waals surface area (Å²) >= 11 is 5.17. The normalized spacial score (nSPS) is 18.7. The molecule has 1 aromatic rings. The first-order chi connectivity index (χ1) is 9.02. The molecule has 0 fully saturated rings. The molecule has 1 unspecified atom stereocenters. The van der Waals surface area contributed by atoms with Crippen LogP contribution in [0.15, 0.2) is 35.5 Å². The molecule has 0 radical (unpaired) electrons. The highest BCUT2D eigenvalue weighted by atomic mass is 32.1. The van der Waals surface area contributed by atoms with Gasteiger partial charge in [-0.15, -0.1) is 0 Å². The second-order valence-corrected chi connectivity index (χ2v) is 4.97. The number of carbonyl (C=O) groups is 1. The van der Waals surface area contributed by atoms with Crippen LogP contribution in [-0.2, 0) is 4.79 Å². The van der Waals surface area contributed by atoms with Crippen molar-refractivity contribution in [2.75, 3.05) is 7.05 Å². The van der Waals surface area contributed by atoms with Gasteiger partial charge in [-0.25, -0.2) is 0 Å². The molecule has 0 saturated heterocycles. The van der Waals surface area contributed by atoms with E-state index in [1.807, 2.05) is 38.1 Å². The van der Waals surface area contributed by atoms with Crippen LogP contribution in [0.25, 0.3) is 0 Å². The highest BCUT2D eigenvalue weighted by molar-refractivity contribution is 7.80. The van der Waals surface area contributed by atoms with Gasteiger partial charge in [0.2, 0.25) is 0 Å². The number of rotatable bonds is 2. The van der Waals surface area contributed by atoms with E-state index < -0.39 is 0 Å². The second-order valence-electron chi connectivity index (χ2n) is 4.56. The third-order valence-corrected chi connectivity index (χ3v) is 3.37. The Morgan fingerprint density at radius 3 is 2.47 bits per heavy atom. The molecule has 1 atom stereocenters. The summed E-state index contributed by atoms with van der Waals surface area (Å²) in [5.74, 6) is -0.106. The maximum absolute atomic E-state index is 12.0. The van der Waals surface area contributed by atoms with Crippen LogP contribution in [0.2, 0.25) is 0 Å². The van der Waals surface area contributed by atoms with Gasteiger partial charge >= 0.3 is 0 Å². The summed E-state index contributed by atoms with van der Waals surface area (Å²) in [6, 6.07) is 7.86. The van der Waals surface area contributed by atoms with Gasteiger partial charge in [-0.2, -0.15) is 0 Å². The smallest absolute Gasteiger partial charge is 0.251 e. The lowest BCUT2D eigenvalue weighted by Gasteiger charge is -2.30. The molecule has 5 heteroatoms. The summed E-state index contributed by atoms with van der Waals surface area (Å²) in [4.78, 5) is 12.0. The van der Waals surface area contributed by atoms with E-state index in [9.17, 15) is 4.79 Å². The minimum absolute atomic E-state index is 0.106. The maximum Gasteiger partial charge on any atom is 0.251 e. The van der Waals surface area contributed by atoms with Crippen LogP contribution in [0.5, 0.6) is 0 Å². The number of hydrogen-bond donors (Lipinski definition) is 3. The van der Waals surface area contributed by atoms with Crippen molar-refractivity contribution in [1.82, 2.24) is 16.0 Å². The summed E-state index contributed by atoms with van der Waals surface area (Å²) in [5.41, 5.74) is 3.66. The first-order valence-corrected chi connectivity index (χ1v) is 6.50. The van der Waals surface area contributed by atoms with Crippen molar-refractivity contribution in [3.05, 3.63) is 46.7 Å². The molecule has 0 aliphatic carbocycles. The Hall–Kier alpha value is -1.88. The van der Waals surface area contributed by atoms with Crippen molar-refractivity contribution >= 4 is 23.2 Å². The maximum atomic E-state index is 12.0. The fourth-order valence-corrected chi connectivity index (χ4v) is 2.41. The minimum atomic E-state index is -0.214. The lowest BCUT2D eigenvalue weighted by molar-refractivity contribution is -0.117. The van der Waals surface area contributed by atoms with E-state index >= 15 is 0 Å². The van der Waals surface area contributed by atoms with E-state index in [1.54, 1.807) is 7.05 Å². The summed E-state index contributed by atoms with van der Waals surface area (Å²) in [5, 5.41) is 9.35. The predicted molar refractivity (Wildman–Crippen MR) is 79.6 cm³/mol. The second kappa shape index (κ2) is 5.40.